The Morgan fingerprint density at radius 2 is 0.727 bits per heavy atom. The average Bonchev–Trinajstić information content (AvgIpc) is 2.50. The third-order valence-corrected chi connectivity index (χ3v) is 3.23. The van der Waals surface area contributed by atoms with Gasteiger partial charge >= 0.3 is 0 Å². The molecule has 0 atom stereocenters. The maximum atomic E-state index is 14.0. The van der Waals surface area contributed by atoms with Crippen LogP contribution in [0.1, 0.15) is 11.1 Å². The van der Waals surface area contributed by atoms with Crippen molar-refractivity contribution in [2.45, 2.75) is 13.8 Å². The van der Waals surface area contributed by atoms with Gasteiger partial charge in [-0.25, -0.2) is 35.1 Å². The van der Waals surface area contributed by atoms with Crippen LogP contribution in [0.3, 0.4) is 0 Å². The van der Waals surface area contributed by atoms with Crippen molar-refractivity contribution >= 4 is 0 Å². The minimum Gasteiger partial charge on any atom is -0.206 e. The lowest BCUT2D eigenvalue weighted by Gasteiger charge is -2.14. The molecule has 0 N–H and O–H groups in total. The molecule has 0 aliphatic carbocycles. The van der Waals surface area contributed by atoms with E-state index < -0.39 is 68.8 Å². The Bertz CT molecular complexity index is 669. The molecule has 22 heavy (non-hydrogen) atoms. The van der Waals surface area contributed by atoms with Crippen LogP contribution in [0.25, 0.3) is 11.1 Å². The average molecular weight is 326 g/mol. The highest BCUT2D eigenvalue weighted by atomic mass is 19.2. The first-order valence-corrected chi connectivity index (χ1v) is 5.76. The first-order valence-electron chi connectivity index (χ1n) is 5.76. The lowest BCUT2D eigenvalue weighted by atomic mass is 9.95. The largest absolute Gasteiger partial charge is 0.206 e. The highest BCUT2D eigenvalue weighted by Gasteiger charge is 2.31. The van der Waals surface area contributed by atoms with Crippen LogP contribution >= 0.6 is 0 Å². The molecule has 0 nitrogen and oxygen atoms in total. The fraction of sp³-hybridized carbons (Fsp3) is 0.143. The maximum absolute atomic E-state index is 14.0. The minimum atomic E-state index is -2.32. The predicted octanol–water partition coefficient (Wildman–Crippen LogP) is 5.08. The Labute approximate surface area is 119 Å². The zero-order valence-electron chi connectivity index (χ0n) is 11.0. The van der Waals surface area contributed by atoms with E-state index in [1.165, 1.54) is 0 Å². The SMILES string of the molecule is Cc1c(F)c(F)c(F)c(-c2c(C)c(F)c(F)c(F)c2F)c1F. The Hall–Kier alpha value is -2.12. The van der Waals surface area contributed by atoms with Gasteiger partial charge in [0.25, 0.3) is 0 Å². The molecule has 0 aromatic heterocycles. The van der Waals surface area contributed by atoms with Gasteiger partial charge < -0.3 is 0 Å². The molecule has 2 aromatic rings. The van der Waals surface area contributed by atoms with Gasteiger partial charge in [-0.05, 0) is 19.4 Å². The van der Waals surface area contributed by atoms with Gasteiger partial charge in [0.2, 0.25) is 0 Å². The van der Waals surface area contributed by atoms with E-state index in [-0.39, 0.29) is 0 Å². The number of hydrogen-bond donors (Lipinski definition) is 0. The van der Waals surface area contributed by atoms with Gasteiger partial charge in [0.05, 0.1) is 5.56 Å². The van der Waals surface area contributed by atoms with Gasteiger partial charge in [-0.1, -0.05) is 0 Å². The molecule has 2 aromatic carbocycles. The quantitative estimate of drug-likeness (QED) is 0.389. The third kappa shape index (κ3) is 2.05. The summed E-state index contributed by atoms with van der Waals surface area (Å²) in [5.74, 6) is -16.4. The third-order valence-electron chi connectivity index (χ3n) is 3.23. The molecule has 118 valence electrons. The zero-order chi connectivity index (χ0) is 16.9. The van der Waals surface area contributed by atoms with E-state index in [1.54, 1.807) is 0 Å². The summed E-state index contributed by atoms with van der Waals surface area (Å²) in [5, 5.41) is 0. The van der Waals surface area contributed by atoms with Crippen LogP contribution in [0.4, 0.5) is 35.1 Å². The topological polar surface area (TPSA) is 0 Å². The fourth-order valence-electron chi connectivity index (χ4n) is 2.01. The summed E-state index contributed by atoms with van der Waals surface area (Å²) in [6, 6.07) is 0. The van der Waals surface area contributed by atoms with Crippen molar-refractivity contribution in [3.05, 3.63) is 57.7 Å². The molecule has 0 aliphatic rings. The van der Waals surface area contributed by atoms with Gasteiger partial charge in [0, 0.05) is 11.1 Å². The summed E-state index contributed by atoms with van der Waals surface area (Å²) in [7, 11) is 0. The summed E-state index contributed by atoms with van der Waals surface area (Å²) in [6.07, 6.45) is 0. The molecular formula is C14H6F8. The highest BCUT2D eigenvalue weighted by molar-refractivity contribution is 5.70. The molecular weight excluding hydrogens is 320 g/mol. The lowest BCUT2D eigenvalue weighted by Crippen LogP contribution is -2.09. The highest BCUT2D eigenvalue weighted by Crippen LogP contribution is 2.37. The second-order valence-electron chi connectivity index (χ2n) is 4.51. The van der Waals surface area contributed by atoms with E-state index in [9.17, 15) is 35.1 Å². The second-order valence-corrected chi connectivity index (χ2v) is 4.51. The first-order chi connectivity index (χ1) is 10.1. The smallest absolute Gasteiger partial charge is 0.198 e. The molecule has 0 unspecified atom stereocenters. The minimum absolute atomic E-state index is 0.714. The van der Waals surface area contributed by atoms with Crippen molar-refractivity contribution in [2.75, 3.05) is 0 Å². The molecule has 0 fully saturated rings. The van der Waals surface area contributed by atoms with E-state index in [0.29, 0.717) is 6.92 Å². The van der Waals surface area contributed by atoms with E-state index >= 15 is 0 Å². The number of halogens is 8. The monoisotopic (exact) mass is 326 g/mol. The van der Waals surface area contributed by atoms with E-state index in [1.807, 2.05) is 0 Å². The Morgan fingerprint density at radius 1 is 0.364 bits per heavy atom. The van der Waals surface area contributed by atoms with Crippen LogP contribution in [-0.4, -0.2) is 0 Å². The molecule has 0 saturated carbocycles. The standard InChI is InChI=1S/C14H6F8/c1-3-5(10(18)14(22)13(21)8(3)16)6-7(15)4(2)9(17)12(20)11(6)19/h1-2H3. The summed E-state index contributed by atoms with van der Waals surface area (Å²) in [6.45, 7) is 1.44. The number of hydrogen-bond acceptors (Lipinski definition) is 0. The summed E-state index contributed by atoms with van der Waals surface area (Å²) in [5.41, 5.74) is -4.87. The van der Waals surface area contributed by atoms with Crippen molar-refractivity contribution in [1.82, 2.24) is 0 Å². The number of rotatable bonds is 1. The van der Waals surface area contributed by atoms with E-state index in [0.717, 1.165) is 6.92 Å². The summed E-state index contributed by atoms with van der Waals surface area (Å²) in [4.78, 5) is 0. The molecule has 0 aliphatic heterocycles. The van der Waals surface area contributed by atoms with Gasteiger partial charge in [-0.3, -0.25) is 0 Å². The Kier molecular flexibility index (Phi) is 3.88. The van der Waals surface area contributed by atoms with Gasteiger partial charge in [0.1, 0.15) is 5.82 Å². The molecule has 0 amide bonds. The van der Waals surface area contributed by atoms with Crippen molar-refractivity contribution in [3.8, 4) is 11.1 Å². The van der Waals surface area contributed by atoms with Crippen LogP contribution in [0.5, 0.6) is 0 Å². The van der Waals surface area contributed by atoms with Crippen LogP contribution in [0.2, 0.25) is 0 Å². The lowest BCUT2D eigenvalue weighted by molar-refractivity contribution is 0.405. The van der Waals surface area contributed by atoms with E-state index in [2.05, 4.69) is 0 Å². The predicted molar refractivity (Wildman–Crippen MR) is 61.0 cm³/mol. The first kappa shape index (κ1) is 16.3. The van der Waals surface area contributed by atoms with Crippen molar-refractivity contribution in [1.29, 1.82) is 0 Å². The van der Waals surface area contributed by atoms with Crippen LogP contribution < -0.4 is 0 Å². The summed E-state index contributed by atoms with van der Waals surface area (Å²) < 4.78 is 108. The van der Waals surface area contributed by atoms with Crippen LogP contribution in [0.15, 0.2) is 0 Å². The van der Waals surface area contributed by atoms with Gasteiger partial charge in [-0.2, -0.15) is 0 Å². The molecule has 8 heteroatoms. The van der Waals surface area contributed by atoms with Crippen LogP contribution in [-0.2, 0) is 0 Å². The van der Waals surface area contributed by atoms with Gasteiger partial charge in [0.15, 0.2) is 40.7 Å². The summed E-state index contributed by atoms with van der Waals surface area (Å²) >= 11 is 0. The second kappa shape index (κ2) is 5.26. The molecule has 0 spiro atoms. The molecule has 0 bridgehead atoms. The van der Waals surface area contributed by atoms with E-state index in [4.69, 9.17) is 0 Å². The molecule has 0 heterocycles. The molecule has 2 rings (SSSR count). The normalized spacial score (nSPS) is 11.2. The van der Waals surface area contributed by atoms with Crippen molar-refractivity contribution in [2.24, 2.45) is 0 Å². The van der Waals surface area contributed by atoms with Crippen molar-refractivity contribution in [3.63, 3.8) is 0 Å². The molecule has 0 radical (unpaired) electrons. The number of benzene rings is 2. The zero-order valence-corrected chi connectivity index (χ0v) is 11.0. The van der Waals surface area contributed by atoms with Crippen molar-refractivity contribution < 1.29 is 35.1 Å². The Morgan fingerprint density at radius 3 is 1.27 bits per heavy atom. The van der Waals surface area contributed by atoms with Crippen LogP contribution in [0, 0.1) is 60.4 Å². The molecule has 0 saturated heterocycles. The Balaban J connectivity index is 3.03. The van der Waals surface area contributed by atoms with Gasteiger partial charge in [-0.15, -0.1) is 0 Å². The maximum Gasteiger partial charge on any atom is 0.198 e. The fourth-order valence-corrected chi connectivity index (χ4v) is 2.01.